The maximum Gasteiger partial charge on any atom is 0.310 e. The fraction of sp³-hybridized carbons (Fsp3) is 0.0769. The van der Waals surface area contributed by atoms with Crippen molar-refractivity contribution in [3.05, 3.63) is 69.3 Å². The maximum absolute atomic E-state index is 14.0. The van der Waals surface area contributed by atoms with Gasteiger partial charge in [0.25, 0.3) is 0 Å². The van der Waals surface area contributed by atoms with Gasteiger partial charge in [-0.15, -0.1) is 0 Å². The van der Waals surface area contributed by atoms with Crippen molar-refractivity contribution in [2.45, 2.75) is 5.92 Å². The van der Waals surface area contributed by atoms with Crippen LogP contribution >= 0.6 is 0 Å². The van der Waals surface area contributed by atoms with Gasteiger partial charge in [-0.2, -0.15) is 8.78 Å². The number of benzene rings is 2. The van der Waals surface area contributed by atoms with E-state index >= 15 is 0 Å². The molecule has 0 radical (unpaired) electrons. The van der Waals surface area contributed by atoms with Crippen LogP contribution in [0.5, 0.6) is 0 Å². The van der Waals surface area contributed by atoms with E-state index in [1.54, 1.807) is 0 Å². The van der Waals surface area contributed by atoms with Crippen molar-refractivity contribution in [3.63, 3.8) is 0 Å². The van der Waals surface area contributed by atoms with Gasteiger partial charge < -0.3 is 0 Å². The van der Waals surface area contributed by atoms with E-state index in [0.29, 0.717) is 0 Å². The van der Waals surface area contributed by atoms with Crippen molar-refractivity contribution in [3.8, 4) is 0 Å². The normalized spacial score (nSPS) is 12.0. The lowest BCUT2D eigenvalue weighted by atomic mass is 9.97. The lowest BCUT2D eigenvalue weighted by Crippen LogP contribution is -2.26. The summed E-state index contributed by atoms with van der Waals surface area (Å²) in [5.74, 6) is -36.0. The quantitative estimate of drug-likeness (QED) is 0.379. The molecule has 2 aromatic carbocycles. The summed E-state index contributed by atoms with van der Waals surface area (Å²) in [4.78, 5) is 0. The largest absolute Gasteiger partial charge is 0.310 e. The molecule has 0 aliphatic carbocycles. The van der Waals surface area contributed by atoms with Crippen LogP contribution in [0.4, 0.5) is 52.7 Å². The second-order valence-corrected chi connectivity index (χ2v) is 4.46. The molecule has 0 heterocycles. The van der Waals surface area contributed by atoms with Gasteiger partial charge >= 0.3 is 5.92 Å². The predicted molar refractivity (Wildman–Crippen MR) is 55.5 cm³/mol. The third-order valence-corrected chi connectivity index (χ3v) is 3.05. The summed E-state index contributed by atoms with van der Waals surface area (Å²) in [7, 11) is 0. The van der Waals surface area contributed by atoms with Crippen LogP contribution in [0, 0.1) is 58.2 Å². The molecule has 0 saturated carbocycles. The zero-order valence-electron chi connectivity index (χ0n) is 11.0. The number of alkyl halides is 2. The maximum atomic E-state index is 14.0. The Morgan fingerprint density at radius 3 is 0.680 bits per heavy atom. The first kappa shape index (κ1) is 18.9. The molecule has 12 heteroatoms. The molecule has 0 saturated heterocycles. The van der Waals surface area contributed by atoms with Crippen LogP contribution in [0.3, 0.4) is 0 Å². The second-order valence-electron chi connectivity index (χ2n) is 4.46. The van der Waals surface area contributed by atoms with Gasteiger partial charge in [-0.25, -0.2) is 43.9 Å². The van der Waals surface area contributed by atoms with Crippen molar-refractivity contribution in [2.75, 3.05) is 0 Å². The predicted octanol–water partition coefficient (Wildman–Crippen LogP) is 5.22. The van der Waals surface area contributed by atoms with E-state index in [4.69, 9.17) is 0 Å². The zero-order chi connectivity index (χ0) is 19.4. The Morgan fingerprint density at radius 1 is 0.320 bits per heavy atom. The minimum absolute atomic E-state index is 2.87. The highest BCUT2D eigenvalue weighted by atomic mass is 19.3. The molecule has 136 valence electrons. The lowest BCUT2D eigenvalue weighted by molar-refractivity contribution is 0.0227. The molecule has 0 unspecified atom stereocenters. The standard InChI is InChI=1S/C13F12/c14-3-1(4(15)8(19)11(22)7(3)18)13(24,25)2-5(16)9(20)12(23)10(21)6(2)17. The van der Waals surface area contributed by atoms with Crippen LogP contribution in [0.25, 0.3) is 0 Å². The number of halogens is 12. The van der Waals surface area contributed by atoms with Crippen molar-refractivity contribution in [1.82, 2.24) is 0 Å². The van der Waals surface area contributed by atoms with Crippen molar-refractivity contribution >= 4 is 0 Å². The third-order valence-electron chi connectivity index (χ3n) is 3.05. The van der Waals surface area contributed by atoms with E-state index in [9.17, 15) is 52.7 Å². The smallest absolute Gasteiger partial charge is 0.203 e. The summed E-state index contributed by atoms with van der Waals surface area (Å²) in [5.41, 5.74) is -6.15. The average Bonchev–Trinajstić information content (AvgIpc) is 2.54. The molecular formula is C13F12. The minimum Gasteiger partial charge on any atom is -0.203 e. The molecule has 0 spiro atoms. The van der Waals surface area contributed by atoms with Crippen LogP contribution in [0.15, 0.2) is 0 Å². The monoisotopic (exact) mass is 384 g/mol. The topological polar surface area (TPSA) is 0 Å². The molecule has 0 aromatic heterocycles. The Kier molecular flexibility index (Phi) is 4.43. The van der Waals surface area contributed by atoms with Gasteiger partial charge in [-0.1, -0.05) is 0 Å². The summed E-state index contributed by atoms with van der Waals surface area (Å²) in [6, 6.07) is 0. The average molecular weight is 384 g/mol. The minimum atomic E-state index is -5.80. The van der Waals surface area contributed by atoms with E-state index in [2.05, 4.69) is 0 Å². The Bertz CT molecular complexity index is 756. The first-order chi connectivity index (χ1) is 11.4. The number of hydrogen-bond acceptors (Lipinski definition) is 0. The summed E-state index contributed by atoms with van der Waals surface area (Å²) < 4.78 is 159. The van der Waals surface area contributed by atoms with Gasteiger partial charge in [0.1, 0.15) is 11.1 Å². The zero-order valence-corrected chi connectivity index (χ0v) is 11.0. The molecule has 2 rings (SSSR count). The van der Waals surface area contributed by atoms with Crippen LogP contribution < -0.4 is 0 Å². The van der Waals surface area contributed by atoms with Crippen molar-refractivity contribution in [1.29, 1.82) is 0 Å². The van der Waals surface area contributed by atoms with Gasteiger partial charge in [0, 0.05) is 0 Å². The summed E-state index contributed by atoms with van der Waals surface area (Å²) in [5, 5.41) is 0. The van der Waals surface area contributed by atoms with Gasteiger partial charge in [0.15, 0.2) is 46.5 Å². The first-order valence-electron chi connectivity index (χ1n) is 5.77. The summed E-state index contributed by atoms with van der Waals surface area (Å²) in [6.45, 7) is 0. The molecule has 0 aliphatic heterocycles. The van der Waals surface area contributed by atoms with E-state index < -0.39 is 75.2 Å². The number of hydrogen-bond donors (Lipinski definition) is 0. The Morgan fingerprint density at radius 2 is 0.480 bits per heavy atom. The van der Waals surface area contributed by atoms with E-state index in [-0.39, 0.29) is 0 Å². The van der Waals surface area contributed by atoms with Gasteiger partial charge in [-0.05, 0) is 0 Å². The molecule has 0 atom stereocenters. The van der Waals surface area contributed by atoms with Gasteiger partial charge in [0.2, 0.25) is 11.6 Å². The molecule has 0 amide bonds. The van der Waals surface area contributed by atoms with E-state index in [1.807, 2.05) is 0 Å². The highest BCUT2D eigenvalue weighted by molar-refractivity contribution is 5.39. The SMILES string of the molecule is Fc1c(F)c(F)c(C(F)(F)c2c(F)c(F)c(F)c(F)c2F)c(F)c1F. The molecule has 0 nitrogen and oxygen atoms in total. The molecule has 2 aromatic rings. The first-order valence-corrected chi connectivity index (χ1v) is 5.77. The van der Waals surface area contributed by atoms with Gasteiger partial charge in [0.05, 0.1) is 0 Å². The highest BCUT2D eigenvalue weighted by Crippen LogP contribution is 2.44. The molecule has 25 heavy (non-hydrogen) atoms. The lowest BCUT2D eigenvalue weighted by Gasteiger charge is -2.21. The fourth-order valence-electron chi connectivity index (χ4n) is 1.89. The molecule has 0 N–H and O–H groups in total. The molecule has 0 bridgehead atoms. The summed E-state index contributed by atoms with van der Waals surface area (Å²) in [6.07, 6.45) is 0. The van der Waals surface area contributed by atoms with Crippen molar-refractivity contribution in [2.24, 2.45) is 0 Å². The molecular weight excluding hydrogens is 384 g/mol. The second kappa shape index (κ2) is 5.85. The fourth-order valence-corrected chi connectivity index (χ4v) is 1.89. The number of rotatable bonds is 2. The summed E-state index contributed by atoms with van der Waals surface area (Å²) >= 11 is 0. The Balaban J connectivity index is 2.96. The Hall–Kier alpha value is -2.40. The van der Waals surface area contributed by atoms with Crippen LogP contribution in [0.2, 0.25) is 0 Å². The van der Waals surface area contributed by atoms with Crippen LogP contribution in [0.1, 0.15) is 11.1 Å². The van der Waals surface area contributed by atoms with Crippen LogP contribution in [-0.2, 0) is 5.92 Å². The highest BCUT2D eigenvalue weighted by Gasteiger charge is 2.49. The van der Waals surface area contributed by atoms with E-state index in [1.165, 1.54) is 0 Å². The Labute approximate surface area is 129 Å². The van der Waals surface area contributed by atoms with Crippen LogP contribution in [-0.4, -0.2) is 0 Å². The molecule has 0 fully saturated rings. The van der Waals surface area contributed by atoms with E-state index in [0.717, 1.165) is 0 Å². The van der Waals surface area contributed by atoms with Crippen molar-refractivity contribution < 1.29 is 52.7 Å². The van der Waals surface area contributed by atoms with Gasteiger partial charge in [-0.3, -0.25) is 0 Å². The molecule has 0 aliphatic rings. The third kappa shape index (κ3) is 2.50.